The number of amides is 1. The van der Waals surface area contributed by atoms with E-state index in [1.807, 2.05) is 6.07 Å². The van der Waals surface area contributed by atoms with Gasteiger partial charge in [0, 0.05) is 17.3 Å². The molecule has 4 rings (SSSR count). The molecule has 0 saturated carbocycles. The number of benzene rings is 1. The highest BCUT2D eigenvalue weighted by Gasteiger charge is 2.14. The van der Waals surface area contributed by atoms with Gasteiger partial charge in [-0.1, -0.05) is 18.2 Å². The Morgan fingerprint density at radius 2 is 1.80 bits per heavy atom. The van der Waals surface area contributed by atoms with E-state index in [4.69, 9.17) is 8.83 Å². The van der Waals surface area contributed by atoms with Crippen molar-refractivity contribution in [3.8, 4) is 23.1 Å². The number of furan rings is 1. The summed E-state index contributed by atoms with van der Waals surface area (Å²) in [4.78, 5) is 16.4. The van der Waals surface area contributed by atoms with Crippen molar-refractivity contribution in [1.82, 2.24) is 15.2 Å². The van der Waals surface area contributed by atoms with Crippen LogP contribution >= 0.6 is 0 Å². The molecule has 0 aliphatic heterocycles. The zero-order chi connectivity index (χ0) is 17.1. The first-order chi connectivity index (χ1) is 12.3. The highest BCUT2D eigenvalue weighted by atomic mass is 16.4. The second kappa shape index (κ2) is 6.40. The molecule has 1 N–H and O–H groups in total. The van der Waals surface area contributed by atoms with Gasteiger partial charge in [0.05, 0.1) is 6.26 Å². The molecule has 0 bridgehead atoms. The van der Waals surface area contributed by atoms with Crippen LogP contribution in [0.2, 0.25) is 0 Å². The molecule has 1 aromatic carbocycles. The van der Waals surface area contributed by atoms with Gasteiger partial charge in [-0.15, -0.1) is 10.2 Å². The van der Waals surface area contributed by atoms with Crippen LogP contribution in [0.25, 0.3) is 23.1 Å². The number of pyridine rings is 1. The quantitative estimate of drug-likeness (QED) is 0.613. The molecule has 3 aromatic heterocycles. The maximum atomic E-state index is 12.2. The molecule has 0 aliphatic carbocycles. The van der Waals surface area contributed by atoms with Crippen molar-refractivity contribution in [2.45, 2.75) is 0 Å². The van der Waals surface area contributed by atoms with Crippen LogP contribution in [0, 0.1) is 0 Å². The van der Waals surface area contributed by atoms with Crippen LogP contribution < -0.4 is 5.32 Å². The van der Waals surface area contributed by atoms with Crippen LogP contribution in [0.1, 0.15) is 10.4 Å². The van der Waals surface area contributed by atoms with E-state index in [-0.39, 0.29) is 11.8 Å². The minimum atomic E-state index is -0.243. The molecule has 0 unspecified atom stereocenters. The van der Waals surface area contributed by atoms with E-state index >= 15 is 0 Å². The Kier molecular flexibility index (Phi) is 3.80. The van der Waals surface area contributed by atoms with E-state index in [0.717, 1.165) is 0 Å². The molecule has 4 aromatic rings. The number of hydrogen-bond donors (Lipinski definition) is 1. The first kappa shape index (κ1) is 14.8. The van der Waals surface area contributed by atoms with Crippen molar-refractivity contribution in [2.75, 3.05) is 5.32 Å². The molecule has 0 aliphatic rings. The first-order valence-corrected chi connectivity index (χ1v) is 7.50. The van der Waals surface area contributed by atoms with Crippen LogP contribution in [0.5, 0.6) is 0 Å². The van der Waals surface area contributed by atoms with Crippen molar-refractivity contribution in [3.63, 3.8) is 0 Å². The van der Waals surface area contributed by atoms with Crippen molar-refractivity contribution in [2.24, 2.45) is 0 Å². The fourth-order valence-corrected chi connectivity index (χ4v) is 2.25. The Bertz CT molecular complexity index is 994. The third-order valence-electron chi connectivity index (χ3n) is 3.44. The predicted molar refractivity (Wildman–Crippen MR) is 89.6 cm³/mol. The minimum Gasteiger partial charge on any atom is -0.459 e. The van der Waals surface area contributed by atoms with Gasteiger partial charge in [-0.3, -0.25) is 4.79 Å². The van der Waals surface area contributed by atoms with Gasteiger partial charge < -0.3 is 14.2 Å². The molecule has 3 heterocycles. The van der Waals surface area contributed by atoms with Crippen LogP contribution in [0.4, 0.5) is 5.82 Å². The van der Waals surface area contributed by atoms with E-state index in [1.54, 1.807) is 54.7 Å². The number of rotatable bonds is 4. The number of carbonyl (C=O) groups is 1. The molecule has 0 spiro atoms. The molecule has 7 nitrogen and oxygen atoms in total. The fourth-order valence-electron chi connectivity index (χ4n) is 2.25. The Labute approximate surface area is 142 Å². The van der Waals surface area contributed by atoms with Crippen LogP contribution in [-0.4, -0.2) is 21.1 Å². The Morgan fingerprint density at radius 1 is 0.960 bits per heavy atom. The van der Waals surface area contributed by atoms with Crippen LogP contribution in [0.15, 0.2) is 75.9 Å². The van der Waals surface area contributed by atoms with Crippen LogP contribution in [0.3, 0.4) is 0 Å². The zero-order valence-corrected chi connectivity index (χ0v) is 12.9. The second-order valence-electron chi connectivity index (χ2n) is 5.14. The standard InChI is InChI=1S/C18H12N4O3/c23-16(12-5-2-1-3-6-12)20-15-11-13(8-9-19-15)17-21-22-18(25-17)14-7-4-10-24-14/h1-11H,(H,19,20,23). The fraction of sp³-hybridized carbons (Fsp3) is 0. The SMILES string of the molecule is O=C(Nc1cc(-c2nnc(-c3ccco3)o2)ccn1)c1ccccc1. The number of carbonyl (C=O) groups excluding carboxylic acids is 1. The molecule has 0 fully saturated rings. The Morgan fingerprint density at radius 3 is 2.60 bits per heavy atom. The summed E-state index contributed by atoms with van der Waals surface area (Å²) >= 11 is 0. The largest absolute Gasteiger partial charge is 0.459 e. The predicted octanol–water partition coefficient (Wildman–Crippen LogP) is 3.64. The number of nitrogens with zero attached hydrogens (tertiary/aromatic N) is 3. The van der Waals surface area contributed by atoms with E-state index in [0.29, 0.717) is 28.6 Å². The third-order valence-corrected chi connectivity index (χ3v) is 3.44. The monoisotopic (exact) mass is 332 g/mol. The molecule has 0 atom stereocenters. The minimum absolute atomic E-state index is 0.243. The van der Waals surface area contributed by atoms with E-state index in [2.05, 4.69) is 20.5 Å². The van der Waals surface area contributed by atoms with Crippen molar-refractivity contribution < 1.29 is 13.6 Å². The Balaban J connectivity index is 1.57. The first-order valence-electron chi connectivity index (χ1n) is 7.50. The average Bonchev–Trinajstić information content (AvgIpc) is 3.34. The number of aromatic nitrogens is 3. The molecular formula is C18H12N4O3. The van der Waals surface area contributed by atoms with Gasteiger partial charge in [0.1, 0.15) is 5.82 Å². The topological polar surface area (TPSA) is 94.1 Å². The van der Waals surface area contributed by atoms with Crippen molar-refractivity contribution in [1.29, 1.82) is 0 Å². The van der Waals surface area contributed by atoms with Crippen molar-refractivity contribution in [3.05, 3.63) is 72.6 Å². The summed E-state index contributed by atoms with van der Waals surface area (Å²) in [5, 5.41) is 10.7. The van der Waals surface area contributed by atoms with Crippen LogP contribution in [-0.2, 0) is 0 Å². The molecular weight excluding hydrogens is 320 g/mol. The lowest BCUT2D eigenvalue weighted by atomic mass is 10.2. The van der Waals surface area contributed by atoms with E-state index in [9.17, 15) is 4.79 Å². The van der Waals surface area contributed by atoms with E-state index in [1.165, 1.54) is 6.26 Å². The smallest absolute Gasteiger partial charge is 0.283 e. The number of anilines is 1. The summed E-state index contributed by atoms with van der Waals surface area (Å²) < 4.78 is 10.8. The average molecular weight is 332 g/mol. The van der Waals surface area contributed by atoms with Gasteiger partial charge in [-0.25, -0.2) is 4.98 Å². The number of nitrogens with one attached hydrogen (secondary N) is 1. The highest BCUT2D eigenvalue weighted by molar-refractivity contribution is 6.03. The lowest BCUT2D eigenvalue weighted by Gasteiger charge is -2.05. The van der Waals surface area contributed by atoms with E-state index < -0.39 is 0 Å². The molecule has 0 saturated heterocycles. The van der Waals surface area contributed by atoms with Gasteiger partial charge in [0.15, 0.2) is 5.76 Å². The zero-order valence-electron chi connectivity index (χ0n) is 12.9. The van der Waals surface area contributed by atoms with Gasteiger partial charge in [0.2, 0.25) is 5.89 Å². The molecule has 0 radical (unpaired) electrons. The summed E-state index contributed by atoms with van der Waals surface area (Å²) in [5.41, 5.74) is 1.19. The lowest BCUT2D eigenvalue weighted by Crippen LogP contribution is -2.12. The molecule has 1 amide bonds. The highest BCUT2D eigenvalue weighted by Crippen LogP contribution is 2.25. The summed E-state index contributed by atoms with van der Waals surface area (Å²) in [6, 6.07) is 15.8. The van der Waals surface area contributed by atoms with Gasteiger partial charge in [-0.2, -0.15) is 0 Å². The maximum absolute atomic E-state index is 12.2. The normalized spacial score (nSPS) is 10.6. The van der Waals surface area contributed by atoms with Gasteiger partial charge >= 0.3 is 0 Å². The van der Waals surface area contributed by atoms with Gasteiger partial charge in [0.25, 0.3) is 11.8 Å². The van der Waals surface area contributed by atoms with Crippen molar-refractivity contribution >= 4 is 11.7 Å². The third kappa shape index (κ3) is 3.16. The summed E-state index contributed by atoms with van der Waals surface area (Å²) in [6.07, 6.45) is 3.09. The van der Waals surface area contributed by atoms with Gasteiger partial charge in [-0.05, 0) is 36.4 Å². The summed E-state index contributed by atoms with van der Waals surface area (Å²) in [6.45, 7) is 0. The molecule has 122 valence electrons. The maximum Gasteiger partial charge on any atom is 0.283 e. The second-order valence-corrected chi connectivity index (χ2v) is 5.14. The summed E-state index contributed by atoms with van der Waals surface area (Å²) in [7, 11) is 0. The number of hydrogen-bond acceptors (Lipinski definition) is 6. The summed E-state index contributed by atoms with van der Waals surface area (Å²) in [5.74, 6) is 1.23. The molecule has 25 heavy (non-hydrogen) atoms. The molecule has 7 heteroatoms. The lowest BCUT2D eigenvalue weighted by molar-refractivity contribution is 0.102. The Hall–Kier alpha value is -3.74.